The molecule has 2 fully saturated rings. The lowest BCUT2D eigenvalue weighted by Gasteiger charge is -2.60. The van der Waals surface area contributed by atoms with Gasteiger partial charge in [0.1, 0.15) is 17.3 Å². The second kappa shape index (κ2) is 4.95. The average Bonchev–Trinajstić information content (AvgIpc) is 2.37. The Morgan fingerprint density at radius 1 is 1.30 bits per heavy atom. The normalized spacial score (nSPS) is 31.4. The second-order valence-corrected chi connectivity index (χ2v) is 7.20. The molecular formula is C15H18BrF2NO. The van der Waals surface area contributed by atoms with Crippen LogP contribution >= 0.6 is 15.9 Å². The Morgan fingerprint density at radius 2 is 1.95 bits per heavy atom. The zero-order valence-corrected chi connectivity index (χ0v) is 13.1. The number of fused-ring (bicyclic) bond motifs is 1. The van der Waals surface area contributed by atoms with Crippen LogP contribution in [0, 0.1) is 23.0 Å². The van der Waals surface area contributed by atoms with Crippen molar-refractivity contribution >= 4 is 21.6 Å². The van der Waals surface area contributed by atoms with E-state index in [-0.39, 0.29) is 23.2 Å². The van der Waals surface area contributed by atoms with E-state index in [9.17, 15) is 8.78 Å². The molecule has 1 aliphatic carbocycles. The van der Waals surface area contributed by atoms with Crippen molar-refractivity contribution in [2.24, 2.45) is 11.3 Å². The Hall–Kier alpha value is -0.680. The molecule has 3 unspecified atom stereocenters. The molecule has 1 aromatic rings. The predicted molar refractivity (Wildman–Crippen MR) is 77.7 cm³/mol. The molecule has 1 aromatic carbocycles. The van der Waals surface area contributed by atoms with Crippen molar-refractivity contribution < 1.29 is 13.5 Å². The van der Waals surface area contributed by atoms with E-state index < -0.39 is 11.6 Å². The van der Waals surface area contributed by atoms with Crippen LogP contribution in [0.5, 0.6) is 0 Å². The standard InChI is InChI=1S/C15H18BrF2NO/c1-15(2)13(9-4-3-5-20-14(9)15)19-12-10(17)6-8(16)7-11(12)18/h6-7,9,13-14,19H,3-5H2,1-2H3. The summed E-state index contributed by atoms with van der Waals surface area (Å²) in [5.41, 5.74) is -0.146. The van der Waals surface area contributed by atoms with Crippen LogP contribution in [0.1, 0.15) is 26.7 Å². The minimum atomic E-state index is -0.562. The molecule has 0 bridgehead atoms. The van der Waals surface area contributed by atoms with Crippen molar-refractivity contribution in [3.8, 4) is 0 Å². The monoisotopic (exact) mass is 345 g/mol. The molecule has 20 heavy (non-hydrogen) atoms. The highest BCUT2D eigenvalue weighted by atomic mass is 79.9. The SMILES string of the molecule is CC1(C)C(Nc2c(F)cc(Br)cc2F)C2CCCOC21. The van der Waals surface area contributed by atoms with Gasteiger partial charge in [0.25, 0.3) is 0 Å². The molecule has 0 radical (unpaired) electrons. The Balaban J connectivity index is 1.85. The zero-order valence-electron chi connectivity index (χ0n) is 11.6. The third-order valence-electron chi connectivity index (χ3n) is 4.64. The number of benzene rings is 1. The van der Waals surface area contributed by atoms with Gasteiger partial charge in [-0.15, -0.1) is 0 Å². The Labute approximate surface area is 126 Å². The van der Waals surface area contributed by atoms with Gasteiger partial charge in [0.15, 0.2) is 0 Å². The molecule has 1 saturated heterocycles. The van der Waals surface area contributed by atoms with Gasteiger partial charge >= 0.3 is 0 Å². The molecule has 2 nitrogen and oxygen atoms in total. The predicted octanol–water partition coefficient (Wildman–Crippen LogP) is 4.34. The van der Waals surface area contributed by atoms with E-state index in [1.54, 1.807) is 0 Å². The van der Waals surface area contributed by atoms with Crippen LogP contribution in [0.2, 0.25) is 0 Å². The lowest BCUT2D eigenvalue weighted by Crippen LogP contribution is -2.67. The first-order chi connectivity index (χ1) is 9.41. The molecule has 1 saturated carbocycles. The van der Waals surface area contributed by atoms with Crippen molar-refractivity contribution in [3.05, 3.63) is 28.2 Å². The maximum absolute atomic E-state index is 13.9. The van der Waals surface area contributed by atoms with Gasteiger partial charge in [-0.1, -0.05) is 29.8 Å². The lowest BCUT2D eigenvalue weighted by molar-refractivity contribution is -0.177. The number of rotatable bonds is 2. The number of hydrogen-bond acceptors (Lipinski definition) is 2. The summed E-state index contributed by atoms with van der Waals surface area (Å²) >= 11 is 3.09. The molecule has 0 amide bonds. The molecule has 110 valence electrons. The maximum Gasteiger partial charge on any atom is 0.150 e. The summed E-state index contributed by atoms with van der Waals surface area (Å²) in [6.07, 6.45) is 2.25. The fraction of sp³-hybridized carbons (Fsp3) is 0.600. The summed E-state index contributed by atoms with van der Waals surface area (Å²) in [4.78, 5) is 0. The Kier molecular flexibility index (Phi) is 3.53. The van der Waals surface area contributed by atoms with E-state index in [0.717, 1.165) is 19.4 Å². The molecule has 1 heterocycles. The first-order valence-electron chi connectivity index (χ1n) is 6.94. The highest BCUT2D eigenvalue weighted by Crippen LogP contribution is 2.52. The van der Waals surface area contributed by atoms with Gasteiger partial charge in [0, 0.05) is 28.5 Å². The third kappa shape index (κ3) is 2.15. The summed E-state index contributed by atoms with van der Waals surface area (Å²) in [6, 6.07) is 2.61. The van der Waals surface area contributed by atoms with Gasteiger partial charge in [-0.25, -0.2) is 8.78 Å². The van der Waals surface area contributed by atoms with Crippen LogP contribution in [0.4, 0.5) is 14.5 Å². The Bertz CT molecular complexity index is 512. The highest BCUT2D eigenvalue weighted by Gasteiger charge is 2.58. The van der Waals surface area contributed by atoms with Gasteiger partial charge in [-0.05, 0) is 25.0 Å². The quantitative estimate of drug-likeness (QED) is 0.860. The van der Waals surface area contributed by atoms with Crippen molar-refractivity contribution in [1.82, 2.24) is 0 Å². The van der Waals surface area contributed by atoms with Gasteiger partial charge in [-0.3, -0.25) is 0 Å². The van der Waals surface area contributed by atoms with Crippen LogP contribution in [0.15, 0.2) is 16.6 Å². The minimum Gasteiger partial charge on any atom is -0.377 e. The molecule has 5 heteroatoms. The van der Waals surface area contributed by atoms with Gasteiger partial charge in [0.05, 0.1) is 6.10 Å². The maximum atomic E-state index is 13.9. The highest BCUT2D eigenvalue weighted by molar-refractivity contribution is 9.10. The summed E-state index contributed by atoms with van der Waals surface area (Å²) in [7, 11) is 0. The van der Waals surface area contributed by atoms with E-state index >= 15 is 0 Å². The smallest absolute Gasteiger partial charge is 0.150 e. The van der Waals surface area contributed by atoms with E-state index in [4.69, 9.17) is 4.74 Å². The lowest BCUT2D eigenvalue weighted by atomic mass is 9.55. The van der Waals surface area contributed by atoms with Crippen LogP contribution < -0.4 is 5.32 Å². The molecule has 1 aliphatic heterocycles. The van der Waals surface area contributed by atoms with Crippen molar-refractivity contribution in [2.45, 2.75) is 38.8 Å². The zero-order chi connectivity index (χ0) is 14.5. The fourth-order valence-corrected chi connectivity index (χ4v) is 4.05. The topological polar surface area (TPSA) is 21.3 Å². The van der Waals surface area contributed by atoms with Gasteiger partial charge < -0.3 is 10.1 Å². The minimum absolute atomic E-state index is 0.0321. The molecular weight excluding hydrogens is 328 g/mol. The molecule has 0 aromatic heterocycles. The Morgan fingerprint density at radius 3 is 2.60 bits per heavy atom. The number of anilines is 1. The number of ether oxygens (including phenoxy) is 1. The van der Waals surface area contributed by atoms with Crippen LogP contribution in [-0.2, 0) is 4.74 Å². The average molecular weight is 346 g/mol. The largest absolute Gasteiger partial charge is 0.377 e. The first kappa shape index (κ1) is 14.3. The molecule has 0 spiro atoms. The van der Waals surface area contributed by atoms with Gasteiger partial charge in [0.2, 0.25) is 0 Å². The van der Waals surface area contributed by atoms with Crippen molar-refractivity contribution in [3.63, 3.8) is 0 Å². The van der Waals surface area contributed by atoms with Crippen molar-refractivity contribution in [2.75, 3.05) is 11.9 Å². The number of nitrogens with one attached hydrogen (secondary N) is 1. The van der Waals surface area contributed by atoms with Gasteiger partial charge in [-0.2, -0.15) is 0 Å². The van der Waals surface area contributed by atoms with E-state index in [0.29, 0.717) is 10.4 Å². The van der Waals surface area contributed by atoms with Crippen LogP contribution in [0.25, 0.3) is 0 Å². The fourth-order valence-electron chi connectivity index (χ4n) is 3.65. The molecule has 2 aliphatic rings. The van der Waals surface area contributed by atoms with E-state index in [1.165, 1.54) is 12.1 Å². The van der Waals surface area contributed by atoms with Crippen molar-refractivity contribution in [1.29, 1.82) is 0 Å². The van der Waals surface area contributed by atoms with E-state index in [1.807, 2.05) is 0 Å². The van der Waals surface area contributed by atoms with Crippen LogP contribution in [0.3, 0.4) is 0 Å². The summed E-state index contributed by atoms with van der Waals surface area (Å²) in [5.74, 6) is -0.790. The van der Waals surface area contributed by atoms with E-state index in [2.05, 4.69) is 35.1 Å². The number of halogens is 3. The summed E-state index contributed by atoms with van der Waals surface area (Å²) in [6.45, 7) is 4.97. The second-order valence-electron chi connectivity index (χ2n) is 6.29. The third-order valence-corrected chi connectivity index (χ3v) is 5.10. The molecule has 3 atom stereocenters. The van der Waals surface area contributed by atoms with Crippen LogP contribution in [-0.4, -0.2) is 18.8 Å². The number of hydrogen-bond donors (Lipinski definition) is 1. The first-order valence-corrected chi connectivity index (χ1v) is 7.73. The summed E-state index contributed by atoms with van der Waals surface area (Å²) < 4.78 is 34.1. The summed E-state index contributed by atoms with van der Waals surface area (Å²) in [5, 5.41) is 3.08. The molecule has 1 N–H and O–H groups in total. The molecule has 3 rings (SSSR count).